The lowest BCUT2D eigenvalue weighted by molar-refractivity contribution is -0.257. The molecule has 1 rings (SSSR count). The van der Waals surface area contributed by atoms with Crippen molar-refractivity contribution < 1.29 is 9.47 Å². The highest BCUT2D eigenvalue weighted by atomic mass is 16.7. The molecule has 3 heteroatoms. The van der Waals surface area contributed by atoms with Crippen LogP contribution in [0.25, 0.3) is 0 Å². The number of methoxy groups -OCH3 is 1. The number of rotatable bonds is 4. The maximum Gasteiger partial charge on any atom is 0.218 e. The molecule has 0 amide bonds. The van der Waals surface area contributed by atoms with E-state index in [0.717, 1.165) is 24.9 Å². The van der Waals surface area contributed by atoms with E-state index in [1.54, 1.807) is 7.11 Å². The molecule has 0 aromatic heterocycles. The van der Waals surface area contributed by atoms with Gasteiger partial charge < -0.3 is 9.47 Å². The average molecular weight is 243 g/mol. The number of piperidine rings is 1. The molecule has 102 valence electrons. The van der Waals surface area contributed by atoms with Crippen LogP contribution in [-0.4, -0.2) is 37.1 Å². The van der Waals surface area contributed by atoms with Crippen LogP contribution in [-0.2, 0) is 9.47 Å². The van der Waals surface area contributed by atoms with Crippen molar-refractivity contribution in [2.45, 2.75) is 59.5 Å². The molecular weight excluding hydrogens is 214 g/mol. The summed E-state index contributed by atoms with van der Waals surface area (Å²) in [7, 11) is 1.73. The van der Waals surface area contributed by atoms with Crippen molar-refractivity contribution in [1.82, 2.24) is 4.90 Å². The maximum atomic E-state index is 5.93. The first-order valence-electron chi connectivity index (χ1n) is 6.78. The van der Waals surface area contributed by atoms with E-state index in [1.165, 1.54) is 12.8 Å². The van der Waals surface area contributed by atoms with Crippen LogP contribution in [0.5, 0.6) is 0 Å². The van der Waals surface area contributed by atoms with Crippen LogP contribution < -0.4 is 0 Å². The van der Waals surface area contributed by atoms with Crippen molar-refractivity contribution in [2.75, 3.05) is 20.2 Å². The predicted molar refractivity (Wildman–Crippen MR) is 70.8 cm³/mol. The van der Waals surface area contributed by atoms with Gasteiger partial charge in [-0.05, 0) is 45.4 Å². The van der Waals surface area contributed by atoms with Crippen LogP contribution in [0.1, 0.15) is 47.5 Å². The van der Waals surface area contributed by atoms with E-state index in [4.69, 9.17) is 9.47 Å². The largest absolute Gasteiger partial charge is 0.343 e. The third-order valence-corrected chi connectivity index (χ3v) is 3.47. The van der Waals surface area contributed by atoms with E-state index in [-0.39, 0.29) is 12.0 Å². The summed E-state index contributed by atoms with van der Waals surface area (Å²) in [5.74, 6) is 1.65. The Morgan fingerprint density at radius 2 is 1.65 bits per heavy atom. The van der Waals surface area contributed by atoms with Crippen LogP contribution in [0, 0.1) is 11.8 Å². The minimum atomic E-state index is -0.192. The molecule has 1 heterocycles. The smallest absolute Gasteiger partial charge is 0.218 e. The Morgan fingerprint density at radius 3 is 2.00 bits per heavy atom. The first kappa shape index (κ1) is 14.9. The van der Waals surface area contributed by atoms with Crippen LogP contribution in [0.4, 0.5) is 0 Å². The van der Waals surface area contributed by atoms with Gasteiger partial charge in [0, 0.05) is 20.2 Å². The van der Waals surface area contributed by atoms with Gasteiger partial charge in [0.2, 0.25) is 6.41 Å². The Kier molecular flexibility index (Phi) is 5.42. The van der Waals surface area contributed by atoms with Gasteiger partial charge in [-0.15, -0.1) is 0 Å². The van der Waals surface area contributed by atoms with E-state index < -0.39 is 0 Å². The summed E-state index contributed by atoms with van der Waals surface area (Å²) >= 11 is 0. The second kappa shape index (κ2) is 6.17. The SMILES string of the molecule is COC(OC(C)(C)C)N1CCC(C(C)C)CC1. The molecule has 1 atom stereocenters. The molecule has 3 nitrogen and oxygen atoms in total. The number of likely N-dealkylation sites (tertiary alicyclic amines) is 1. The zero-order valence-corrected chi connectivity index (χ0v) is 12.3. The number of hydrogen-bond donors (Lipinski definition) is 0. The molecule has 0 N–H and O–H groups in total. The highest BCUT2D eigenvalue weighted by Crippen LogP contribution is 2.26. The zero-order valence-electron chi connectivity index (χ0n) is 12.3. The standard InChI is InChI=1S/C14H29NO2/c1-11(2)12-7-9-15(10-8-12)13(16-6)17-14(3,4)5/h11-13H,7-10H2,1-6H3. The lowest BCUT2D eigenvalue weighted by Crippen LogP contribution is -2.47. The zero-order chi connectivity index (χ0) is 13.1. The quantitative estimate of drug-likeness (QED) is 0.708. The maximum absolute atomic E-state index is 5.93. The van der Waals surface area contributed by atoms with Crippen molar-refractivity contribution in [3.63, 3.8) is 0 Å². The number of hydrogen-bond acceptors (Lipinski definition) is 3. The predicted octanol–water partition coefficient (Wildman–Crippen LogP) is 3.10. The van der Waals surface area contributed by atoms with Crippen molar-refractivity contribution in [3.8, 4) is 0 Å². The van der Waals surface area contributed by atoms with E-state index in [2.05, 4.69) is 39.5 Å². The molecule has 1 fully saturated rings. The van der Waals surface area contributed by atoms with Gasteiger partial charge in [-0.25, -0.2) is 0 Å². The average Bonchev–Trinajstić information content (AvgIpc) is 2.25. The topological polar surface area (TPSA) is 21.7 Å². The van der Waals surface area contributed by atoms with Gasteiger partial charge in [0.05, 0.1) is 5.60 Å². The fraction of sp³-hybridized carbons (Fsp3) is 1.00. The first-order chi connectivity index (χ1) is 7.83. The van der Waals surface area contributed by atoms with E-state index in [0.29, 0.717) is 0 Å². The van der Waals surface area contributed by atoms with Gasteiger partial charge in [-0.3, -0.25) is 4.90 Å². The molecule has 1 aliphatic rings. The Bertz CT molecular complexity index is 215. The summed E-state index contributed by atoms with van der Waals surface area (Å²) in [6.07, 6.45) is 2.32. The molecular formula is C14H29NO2. The first-order valence-corrected chi connectivity index (χ1v) is 6.78. The molecule has 0 radical (unpaired) electrons. The second-order valence-corrected chi connectivity index (χ2v) is 6.39. The molecule has 1 saturated heterocycles. The molecule has 0 aromatic carbocycles. The molecule has 1 unspecified atom stereocenters. The molecule has 17 heavy (non-hydrogen) atoms. The van der Waals surface area contributed by atoms with Gasteiger partial charge in [-0.2, -0.15) is 0 Å². The van der Waals surface area contributed by atoms with E-state index in [9.17, 15) is 0 Å². The minimum absolute atomic E-state index is 0.157. The van der Waals surface area contributed by atoms with Crippen LogP contribution in [0.2, 0.25) is 0 Å². The summed E-state index contributed by atoms with van der Waals surface area (Å²) < 4.78 is 11.4. The lowest BCUT2D eigenvalue weighted by Gasteiger charge is -2.39. The van der Waals surface area contributed by atoms with Gasteiger partial charge in [0.1, 0.15) is 0 Å². The Balaban J connectivity index is 2.45. The number of nitrogens with zero attached hydrogens (tertiary/aromatic N) is 1. The Hall–Kier alpha value is -0.120. The molecule has 0 bridgehead atoms. The van der Waals surface area contributed by atoms with Gasteiger partial charge >= 0.3 is 0 Å². The Labute approximate surface area is 106 Å². The summed E-state index contributed by atoms with van der Waals surface area (Å²) in [5.41, 5.74) is -0.157. The molecule has 0 spiro atoms. The van der Waals surface area contributed by atoms with E-state index in [1.807, 2.05) is 0 Å². The van der Waals surface area contributed by atoms with Crippen molar-refractivity contribution in [2.24, 2.45) is 11.8 Å². The van der Waals surface area contributed by atoms with Gasteiger partial charge in [0.15, 0.2) is 0 Å². The third-order valence-electron chi connectivity index (χ3n) is 3.47. The van der Waals surface area contributed by atoms with Crippen LogP contribution in [0.3, 0.4) is 0 Å². The second-order valence-electron chi connectivity index (χ2n) is 6.39. The minimum Gasteiger partial charge on any atom is -0.343 e. The summed E-state index contributed by atoms with van der Waals surface area (Å²) in [6.45, 7) is 13.0. The summed E-state index contributed by atoms with van der Waals surface area (Å²) in [5, 5.41) is 0. The molecule has 0 saturated carbocycles. The fourth-order valence-electron chi connectivity index (χ4n) is 2.37. The molecule has 1 aliphatic heterocycles. The van der Waals surface area contributed by atoms with Crippen LogP contribution in [0.15, 0.2) is 0 Å². The fourth-order valence-corrected chi connectivity index (χ4v) is 2.37. The highest BCUT2D eigenvalue weighted by Gasteiger charge is 2.29. The monoisotopic (exact) mass is 243 g/mol. The van der Waals surface area contributed by atoms with E-state index >= 15 is 0 Å². The van der Waals surface area contributed by atoms with Gasteiger partial charge in [-0.1, -0.05) is 13.8 Å². The van der Waals surface area contributed by atoms with Crippen molar-refractivity contribution in [3.05, 3.63) is 0 Å². The van der Waals surface area contributed by atoms with Gasteiger partial charge in [0.25, 0.3) is 0 Å². The molecule has 0 aromatic rings. The van der Waals surface area contributed by atoms with Crippen molar-refractivity contribution in [1.29, 1.82) is 0 Å². The normalized spacial score (nSPS) is 22.1. The number of ether oxygens (including phenoxy) is 2. The lowest BCUT2D eigenvalue weighted by atomic mass is 9.87. The summed E-state index contributed by atoms with van der Waals surface area (Å²) in [4.78, 5) is 2.31. The third kappa shape index (κ3) is 4.94. The highest BCUT2D eigenvalue weighted by molar-refractivity contribution is 4.75. The van der Waals surface area contributed by atoms with Crippen LogP contribution >= 0.6 is 0 Å². The molecule has 0 aliphatic carbocycles. The summed E-state index contributed by atoms with van der Waals surface area (Å²) in [6, 6.07) is 0. The Morgan fingerprint density at radius 1 is 1.12 bits per heavy atom. The van der Waals surface area contributed by atoms with Crippen molar-refractivity contribution >= 4 is 0 Å².